The summed E-state index contributed by atoms with van der Waals surface area (Å²) in [6, 6.07) is 6.58. The summed E-state index contributed by atoms with van der Waals surface area (Å²) in [4.78, 5) is 21.2. The van der Waals surface area contributed by atoms with Crippen molar-refractivity contribution in [2.75, 3.05) is 37.0 Å². The Kier molecular flexibility index (Phi) is 7.65. The molecule has 3 aromatic rings. The number of H-pyrrole nitrogens is 1. The van der Waals surface area contributed by atoms with Crippen LogP contribution in [0.15, 0.2) is 55.8 Å². The molecule has 0 radical (unpaired) electrons. The maximum Gasteiger partial charge on any atom is 0.142 e. The molecule has 4 rings (SSSR count). The number of pyridine rings is 1. The minimum atomic E-state index is 0.383. The Morgan fingerprint density at radius 1 is 1.29 bits per heavy atom. The van der Waals surface area contributed by atoms with Crippen molar-refractivity contribution in [2.24, 2.45) is 0 Å². The largest absolute Gasteiger partial charge is 0.393 e. The Hall–Kier alpha value is -3.35. The Bertz CT molecular complexity index is 1010. The number of rotatable bonds is 6. The van der Waals surface area contributed by atoms with Gasteiger partial charge in [0.15, 0.2) is 0 Å². The second kappa shape index (κ2) is 10.6. The van der Waals surface area contributed by atoms with Crippen LogP contribution in [0, 0.1) is 0 Å². The van der Waals surface area contributed by atoms with Crippen molar-refractivity contribution in [3.05, 3.63) is 61.3 Å². The second-order valence-corrected chi connectivity index (χ2v) is 7.64. The third-order valence-corrected chi connectivity index (χ3v) is 5.31. The molecule has 1 unspecified atom stereocenters. The highest BCUT2D eigenvalue weighted by Crippen LogP contribution is 2.28. The molecule has 1 aliphatic rings. The molecule has 0 saturated carbocycles. The summed E-state index contributed by atoms with van der Waals surface area (Å²) in [6.45, 7) is 10.00. The molecule has 1 fully saturated rings. The Morgan fingerprint density at radius 2 is 2.10 bits per heavy atom. The molecular weight excluding hydrogens is 386 g/mol. The fourth-order valence-corrected chi connectivity index (χ4v) is 3.73. The van der Waals surface area contributed by atoms with Gasteiger partial charge >= 0.3 is 0 Å². The van der Waals surface area contributed by atoms with Gasteiger partial charge in [0, 0.05) is 57.4 Å². The van der Waals surface area contributed by atoms with Crippen LogP contribution >= 0.6 is 0 Å². The van der Waals surface area contributed by atoms with Gasteiger partial charge in [0.25, 0.3) is 0 Å². The summed E-state index contributed by atoms with van der Waals surface area (Å²) < 4.78 is 0. The molecule has 0 amide bonds. The van der Waals surface area contributed by atoms with E-state index in [0.717, 1.165) is 53.3 Å². The highest BCUT2D eigenvalue weighted by molar-refractivity contribution is 5.87. The van der Waals surface area contributed by atoms with Gasteiger partial charge in [-0.1, -0.05) is 32.9 Å². The predicted molar refractivity (Wildman–Crippen MR) is 130 cm³/mol. The fourth-order valence-electron chi connectivity index (χ4n) is 3.73. The number of hydrogen-bond donors (Lipinski definition) is 2. The monoisotopic (exact) mass is 419 g/mol. The van der Waals surface area contributed by atoms with E-state index in [2.05, 4.69) is 74.7 Å². The summed E-state index contributed by atoms with van der Waals surface area (Å²) in [7, 11) is 3.99. The van der Waals surface area contributed by atoms with Crippen LogP contribution in [0.2, 0.25) is 0 Å². The molecule has 4 heterocycles. The molecule has 1 saturated heterocycles. The Balaban J connectivity index is 0.000000858. The SMILES string of the molecule is C=C/C(=C\NC)c1ccc(N(C)C2CCN(c3ncnc4[nH]ccc34)C2)nc1.CCC. The second-order valence-electron chi connectivity index (χ2n) is 7.64. The van der Waals surface area contributed by atoms with Crippen molar-refractivity contribution < 1.29 is 0 Å². The van der Waals surface area contributed by atoms with Crippen LogP contribution in [0.25, 0.3) is 16.6 Å². The average Bonchev–Trinajstić information content (AvgIpc) is 3.47. The number of aromatic amines is 1. The Morgan fingerprint density at radius 3 is 2.77 bits per heavy atom. The van der Waals surface area contributed by atoms with Gasteiger partial charge < -0.3 is 20.1 Å². The van der Waals surface area contributed by atoms with Crippen molar-refractivity contribution >= 4 is 28.2 Å². The molecule has 31 heavy (non-hydrogen) atoms. The zero-order valence-corrected chi connectivity index (χ0v) is 19.0. The summed E-state index contributed by atoms with van der Waals surface area (Å²) in [5.41, 5.74) is 2.95. The molecule has 7 heteroatoms. The lowest BCUT2D eigenvalue weighted by molar-refractivity contribution is 0.684. The van der Waals surface area contributed by atoms with Gasteiger partial charge in [0.2, 0.25) is 0 Å². The number of allylic oxidation sites excluding steroid dienone is 2. The molecule has 3 aromatic heterocycles. The molecule has 0 bridgehead atoms. The fraction of sp³-hybridized carbons (Fsp3) is 0.375. The van der Waals surface area contributed by atoms with E-state index in [1.54, 1.807) is 6.33 Å². The molecule has 7 nitrogen and oxygen atoms in total. The van der Waals surface area contributed by atoms with E-state index < -0.39 is 0 Å². The van der Waals surface area contributed by atoms with Crippen molar-refractivity contribution in [3.63, 3.8) is 0 Å². The van der Waals surface area contributed by atoms with Crippen LogP contribution < -0.4 is 15.1 Å². The van der Waals surface area contributed by atoms with E-state index >= 15 is 0 Å². The first kappa shape index (κ1) is 22.3. The van der Waals surface area contributed by atoms with Crippen LogP contribution in [-0.4, -0.2) is 53.2 Å². The minimum Gasteiger partial charge on any atom is -0.393 e. The molecular formula is C24H33N7. The Labute approximate surface area is 184 Å². The quantitative estimate of drug-likeness (QED) is 0.583. The molecule has 0 aliphatic carbocycles. The van der Waals surface area contributed by atoms with E-state index in [0.29, 0.717) is 6.04 Å². The van der Waals surface area contributed by atoms with Gasteiger partial charge in [0.1, 0.15) is 23.6 Å². The summed E-state index contributed by atoms with van der Waals surface area (Å²) in [5, 5.41) is 4.11. The van der Waals surface area contributed by atoms with E-state index in [-0.39, 0.29) is 0 Å². The van der Waals surface area contributed by atoms with Crippen molar-refractivity contribution in [3.8, 4) is 0 Å². The van der Waals surface area contributed by atoms with Crippen LogP contribution in [0.1, 0.15) is 32.3 Å². The first-order chi connectivity index (χ1) is 15.1. The number of hydrogen-bond acceptors (Lipinski definition) is 6. The number of likely N-dealkylation sites (N-methyl/N-ethyl adjacent to an activating group) is 1. The zero-order valence-electron chi connectivity index (χ0n) is 19.0. The van der Waals surface area contributed by atoms with Crippen LogP contribution in [0.4, 0.5) is 11.6 Å². The van der Waals surface area contributed by atoms with Crippen LogP contribution in [0.5, 0.6) is 0 Å². The number of aromatic nitrogens is 4. The van der Waals surface area contributed by atoms with Crippen LogP contribution in [-0.2, 0) is 0 Å². The molecule has 1 atom stereocenters. The molecule has 0 aromatic carbocycles. The van der Waals surface area contributed by atoms with Gasteiger partial charge in [-0.15, -0.1) is 0 Å². The van der Waals surface area contributed by atoms with Gasteiger partial charge in [0.05, 0.1) is 5.39 Å². The standard InChI is InChI=1S/C21H25N7.C3H8/c1-4-15(11-22-2)16-5-6-19(24-12-16)27(3)17-8-10-28(13-17)21-18-7-9-23-20(18)25-14-26-21;1-3-2/h4-7,9,11-12,14,17,22H,1,8,10,13H2,2-3H3,(H,23,25,26);3H2,1-2H3/b15-11+;. The van der Waals surface area contributed by atoms with Gasteiger partial charge in [-0.05, 0) is 30.2 Å². The number of anilines is 2. The van der Waals surface area contributed by atoms with E-state index in [9.17, 15) is 0 Å². The number of nitrogens with zero attached hydrogens (tertiary/aromatic N) is 5. The summed E-state index contributed by atoms with van der Waals surface area (Å²) >= 11 is 0. The normalized spacial score (nSPS) is 16.1. The first-order valence-corrected chi connectivity index (χ1v) is 10.8. The average molecular weight is 420 g/mol. The highest BCUT2D eigenvalue weighted by atomic mass is 15.3. The molecule has 1 aliphatic heterocycles. The predicted octanol–water partition coefficient (Wildman–Crippen LogP) is 4.23. The summed E-state index contributed by atoms with van der Waals surface area (Å²) in [6.07, 6.45) is 11.5. The number of fused-ring (bicyclic) bond motifs is 1. The first-order valence-electron chi connectivity index (χ1n) is 10.8. The smallest absolute Gasteiger partial charge is 0.142 e. The number of nitrogens with one attached hydrogen (secondary N) is 2. The van der Waals surface area contributed by atoms with Gasteiger partial charge in [-0.25, -0.2) is 15.0 Å². The van der Waals surface area contributed by atoms with E-state index in [1.807, 2.05) is 37.8 Å². The third-order valence-electron chi connectivity index (χ3n) is 5.31. The van der Waals surface area contributed by atoms with Gasteiger partial charge in [-0.2, -0.15) is 0 Å². The molecule has 164 valence electrons. The maximum atomic E-state index is 4.67. The van der Waals surface area contributed by atoms with E-state index in [1.165, 1.54) is 6.42 Å². The lowest BCUT2D eigenvalue weighted by Gasteiger charge is -2.26. The minimum absolute atomic E-state index is 0.383. The lowest BCUT2D eigenvalue weighted by Crippen LogP contribution is -2.35. The highest BCUT2D eigenvalue weighted by Gasteiger charge is 2.28. The molecule has 2 N–H and O–H groups in total. The summed E-state index contributed by atoms with van der Waals surface area (Å²) in [5.74, 6) is 1.97. The van der Waals surface area contributed by atoms with Gasteiger partial charge in [-0.3, -0.25) is 0 Å². The van der Waals surface area contributed by atoms with Crippen molar-refractivity contribution in [2.45, 2.75) is 32.7 Å². The zero-order chi connectivity index (χ0) is 22.2. The van der Waals surface area contributed by atoms with Crippen molar-refractivity contribution in [1.82, 2.24) is 25.3 Å². The van der Waals surface area contributed by atoms with E-state index in [4.69, 9.17) is 0 Å². The molecule has 0 spiro atoms. The maximum absolute atomic E-state index is 4.67. The van der Waals surface area contributed by atoms with Crippen LogP contribution in [0.3, 0.4) is 0 Å². The van der Waals surface area contributed by atoms with Crippen molar-refractivity contribution in [1.29, 1.82) is 0 Å². The topological polar surface area (TPSA) is 73.0 Å². The lowest BCUT2D eigenvalue weighted by atomic mass is 10.1. The third kappa shape index (κ3) is 5.05.